The van der Waals surface area contributed by atoms with Crippen molar-refractivity contribution in [1.82, 2.24) is 5.32 Å². The van der Waals surface area contributed by atoms with E-state index in [9.17, 15) is 4.79 Å². The van der Waals surface area contributed by atoms with Gasteiger partial charge in [-0.05, 0) is 42.0 Å². The van der Waals surface area contributed by atoms with Crippen LogP contribution in [0.3, 0.4) is 0 Å². The van der Waals surface area contributed by atoms with E-state index in [2.05, 4.69) is 33.0 Å². The van der Waals surface area contributed by atoms with Crippen molar-refractivity contribution in [2.45, 2.75) is 40.0 Å². The Hall–Kier alpha value is -1.35. The number of carbonyl (C=O) groups is 1. The number of benzene rings is 1. The highest BCUT2D eigenvalue weighted by Gasteiger charge is 2.18. The molecule has 1 amide bonds. The molecule has 0 radical (unpaired) electrons. The first-order chi connectivity index (χ1) is 8.85. The zero-order valence-electron chi connectivity index (χ0n) is 12.5. The van der Waals surface area contributed by atoms with E-state index in [1.165, 1.54) is 5.56 Å². The van der Waals surface area contributed by atoms with E-state index in [0.29, 0.717) is 24.6 Å². The molecule has 3 nitrogen and oxygen atoms in total. The topological polar surface area (TPSA) is 55.1 Å². The fourth-order valence-electron chi connectivity index (χ4n) is 1.92. The summed E-state index contributed by atoms with van der Waals surface area (Å²) in [5.41, 5.74) is 7.57. The van der Waals surface area contributed by atoms with Crippen LogP contribution in [0, 0.1) is 5.41 Å². The standard InChI is InChI=1S/C16H26N2O/c1-12(2)13-5-7-14(8-6-13)15(19)18-11-16(3,4)9-10-17/h5-8,12H,9-11,17H2,1-4H3,(H,18,19). The molecule has 3 N–H and O–H groups in total. The Labute approximate surface area is 116 Å². The van der Waals surface area contributed by atoms with Crippen molar-refractivity contribution < 1.29 is 4.79 Å². The summed E-state index contributed by atoms with van der Waals surface area (Å²) in [6, 6.07) is 7.82. The van der Waals surface area contributed by atoms with Crippen LogP contribution in [0.1, 0.15) is 56.0 Å². The highest BCUT2D eigenvalue weighted by molar-refractivity contribution is 5.94. The summed E-state index contributed by atoms with van der Waals surface area (Å²) in [7, 11) is 0. The number of hydrogen-bond acceptors (Lipinski definition) is 2. The third-order valence-electron chi connectivity index (χ3n) is 3.39. The Kier molecular flexibility index (Phi) is 5.55. The number of nitrogens with two attached hydrogens (primary N) is 1. The second-order valence-corrected chi connectivity index (χ2v) is 6.16. The molecule has 0 aromatic heterocycles. The van der Waals surface area contributed by atoms with E-state index in [0.717, 1.165) is 6.42 Å². The lowest BCUT2D eigenvalue weighted by molar-refractivity contribution is 0.0935. The highest BCUT2D eigenvalue weighted by atomic mass is 16.1. The molecule has 0 fully saturated rings. The number of carbonyl (C=O) groups excluding carboxylic acids is 1. The van der Waals surface area contributed by atoms with Crippen molar-refractivity contribution >= 4 is 5.91 Å². The van der Waals surface area contributed by atoms with Gasteiger partial charge >= 0.3 is 0 Å². The van der Waals surface area contributed by atoms with Crippen molar-refractivity contribution in [3.8, 4) is 0 Å². The van der Waals surface area contributed by atoms with Crippen LogP contribution in [0.15, 0.2) is 24.3 Å². The smallest absolute Gasteiger partial charge is 0.251 e. The van der Waals surface area contributed by atoms with Gasteiger partial charge in [0.05, 0.1) is 0 Å². The van der Waals surface area contributed by atoms with Gasteiger partial charge in [-0.2, -0.15) is 0 Å². The lowest BCUT2D eigenvalue weighted by Crippen LogP contribution is -2.35. The van der Waals surface area contributed by atoms with Crippen molar-refractivity contribution in [2.75, 3.05) is 13.1 Å². The molecule has 0 spiro atoms. The number of amides is 1. The largest absolute Gasteiger partial charge is 0.352 e. The molecule has 0 aliphatic carbocycles. The molecule has 0 unspecified atom stereocenters. The van der Waals surface area contributed by atoms with E-state index >= 15 is 0 Å². The minimum Gasteiger partial charge on any atom is -0.352 e. The molecule has 0 atom stereocenters. The summed E-state index contributed by atoms with van der Waals surface area (Å²) < 4.78 is 0. The molecule has 0 saturated carbocycles. The SMILES string of the molecule is CC(C)c1ccc(C(=O)NCC(C)(C)CCN)cc1. The second-order valence-electron chi connectivity index (χ2n) is 6.16. The van der Waals surface area contributed by atoms with Crippen LogP contribution in [0.4, 0.5) is 0 Å². The van der Waals surface area contributed by atoms with Crippen molar-refractivity contribution in [3.05, 3.63) is 35.4 Å². The maximum Gasteiger partial charge on any atom is 0.251 e. The van der Waals surface area contributed by atoms with Gasteiger partial charge in [-0.15, -0.1) is 0 Å². The lowest BCUT2D eigenvalue weighted by Gasteiger charge is -2.24. The first-order valence-corrected chi connectivity index (χ1v) is 6.94. The highest BCUT2D eigenvalue weighted by Crippen LogP contribution is 2.18. The van der Waals surface area contributed by atoms with Gasteiger partial charge in [-0.3, -0.25) is 4.79 Å². The summed E-state index contributed by atoms with van der Waals surface area (Å²) >= 11 is 0. The maximum absolute atomic E-state index is 12.0. The molecule has 3 heteroatoms. The molecule has 19 heavy (non-hydrogen) atoms. The van der Waals surface area contributed by atoms with Gasteiger partial charge in [-0.25, -0.2) is 0 Å². The van der Waals surface area contributed by atoms with Crippen LogP contribution in [0.5, 0.6) is 0 Å². The van der Waals surface area contributed by atoms with Gasteiger partial charge in [0.25, 0.3) is 5.91 Å². The molecule has 0 bridgehead atoms. The monoisotopic (exact) mass is 262 g/mol. The van der Waals surface area contributed by atoms with Gasteiger partial charge in [0, 0.05) is 12.1 Å². The summed E-state index contributed by atoms with van der Waals surface area (Å²) in [5, 5.41) is 2.98. The quantitative estimate of drug-likeness (QED) is 0.828. The molecule has 0 aliphatic rings. The number of hydrogen-bond donors (Lipinski definition) is 2. The fourth-order valence-corrected chi connectivity index (χ4v) is 1.92. The van der Waals surface area contributed by atoms with Crippen molar-refractivity contribution in [1.29, 1.82) is 0 Å². The molecule has 106 valence electrons. The van der Waals surface area contributed by atoms with Crippen LogP contribution in [-0.4, -0.2) is 19.0 Å². The lowest BCUT2D eigenvalue weighted by atomic mass is 9.89. The molecule has 1 rings (SSSR count). The second kappa shape index (κ2) is 6.71. The molecule has 0 saturated heterocycles. The van der Waals surface area contributed by atoms with Crippen LogP contribution < -0.4 is 11.1 Å². The fraction of sp³-hybridized carbons (Fsp3) is 0.562. The Bertz CT molecular complexity index is 407. The minimum absolute atomic E-state index is 0.0135. The van der Waals surface area contributed by atoms with E-state index < -0.39 is 0 Å². The Morgan fingerprint density at radius 3 is 2.32 bits per heavy atom. The normalized spacial score (nSPS) is 11.7. The predicted octanol–water partition coefficient (Wildman–Crippen LogP) is 2.91. The Morgan fingerprint density at radius 1 is 1.26 bits per heavy atom. The van der Waals surface area contributed by atoms with Crippen molar-refractivity contribution in [3.63, 3.8) is 0 Å². The Morgan fingerprint density at radius 2 is 1.84 bits per heavy atom. The summed E-state index contributed by atoms with van der Waals surface area (Å²) in [4.78, 5) is 12.0. The first kappa shape index (κ1) is 15.7. The van der Waals surface area contributed by atoms with Gasteiger partial charge in [0.15, 0.2) is 0 Å². The third kappa shape index (κ3) is 5.03. The van der Waals surface area contributed by atoms with Gasteiger partial charge in [0.2, 0.25) is 0 Å². The zero-order valence-corrected chi connectivity index (χ0v) is 12.5. The van der Waals surface area contributed by atoms with Crippen LogP contribution >= 0.6 is 0 Å². The summed E-state index contributed by atoms with van der Waals surface area (Å²) in [6.45, 7) is 9.81. The van der Waals surface area contributed by atoms with Gasteiger partial charge < -0.3 is 11.1 Å². The minimum atomic E-state index is -0.0135. The zero-order chi connectivity index (χ0) is 14.5. The van der Waals surface area contributed by atoms with Gasteiger partial charge in [-0.1, -0.05) is 39.8 Å². The average molecular weight is 262 g/mol. The number of nitrogens with one attached hydrogen (secondary N) is 1. The van der Waals surface area contributed by atoms with Crippen LogP contribution in [-0.2, 0) is 0 Å². The van der Waals surface area contributed by atoms with E-state index in [1.807, 2.05) is 24.3 Å². The summed E-state index contributed by atoms with van der Waals surface area (Å²) in [6.07, 6.45) is 0.902. The van der Waals surface area contributed by atoms with E-state index in [1.54, 1.807) is 0 Å². The Balaban J connectivity index is 2.59. The third-order valence-corrected chi connectivity index (χ3v) is 3.39. The number of rotatable bonds is 6. The molecule has 0 heterocycles. The molecule has 1 aromatic rings. The molecular formula is C16H26N2O. The average Bonchev–Trinajstić information content (AvgIpc) is 2.36. The molecule has 1 aromatic carbocycles. The molecular weight excluding hydrogens is 236 g/mol. The summed E-state index contributed by atoms with van der Waals surface area (Å²) in [5.74, 6) is 0.473. The van der Waals surface area contributed by atoms with Crippen molar-refractivity contribution in [2.24, 2.45) is 11.1 Å². The van der Waals surface area contributed by atoms with Gasteiger partial charge in [0.1, 0.15) is 0 Å². The van der Waals surface area contributed by atoms with Crippen LogP contribution in [0.25, 0.3) is 0 Å². The van der Waals surface area contributed by atoms with Crippen LogP contribution in [0.2, 0.25) is 0 Å². The molecule has 0 aliphatic heterocycles. The first-order valence-electron chi connectivity index (χ1n) is 6.94. The predicted molar refractivity (Wildman–Crippen MR) is 80.3 cm³/mol. The van der Waals surface area contributed by atoms with E-state index in [4.69, 9.17) is 5.73 Å². The van der Waals surface area contributed by atoms with E-state index in [-0.39, 0.29) is 11.3 Å². The maximum atomic E-state index is 12.0.